The number of aromatic nitrogens is 3. The van der Waals surface area contributed by atoms with Crippen molar-refractivity contribution in [2.75, 3.05) is 4.90 Å². The fraction of sp³-hybridized carbons (Fsp3) is 0.500. The summed E-state index contributed by atoms with van der Waals surface area (Å²) in [5.41, 5.74) is 0.253. The Morgan fingerprint density at radius 3 is 2.64 bits per heavy atom. The molecule has 1 N–H and O–H groups in total. The van der Waals surface area contributed by atoms with Crippen molar-refractivity contribution in [2.45, 2.75) is 64.1 Å². The first-order valence-corrected chi connectivity index (χ1v) is 9.94. The third-order valence-corrected chi connectivity index (χ3v) is 5.70. The number of carbonyl (C=O) groups is 1. The Labute approximate surface area is 168 Å². The van der Waals surface area contributed by atoms with E-state index in [2.05, 4.69) is 15.0 Å². The molecular weight excluding hydrogens is 380 g/mol. The van der Waals surface area contributed by atoms with Gasteiger partial charge in [-0.1, -0.05) is 18.0 Å². The van der Waals surface area contributed by atoms with Gasteiger partial charge < -0.3 is 9.84 Å². The number of amides is 1. The third kappa shape index (κ3) is 3.22. The lowest BCUT2D eigenvalue weighted by Crippen LogP contribution is -2.33. The largest absolute Gasteiger partial charge is 0.474 e. The molecule has 0 bridgehead atoms. The SMILES string of the molecule is CC1(C)C(=O)N(c2ccc(OC3CCCCC3)nc2)c2nc(CO)nc(Cl)c21. The van der Waals surface area contributed by atoms with Crippen LogP contribution in [0.3, 0.4) is 0 Å². The van der Waals surface area contributed by atoms with Gasteiger partial charge in [-0.2, -0.15) is 0 Å². The molecule has 0 spiro atoms. The van der Waals surface area contributed by atoms with Crippen LogP contribution in [-0.2, 0) is 16.8 Å². The number of halogens is 1. The third-order valence-electron chi connectivity index (χ3n) is 5.43. The molecule has 3 heterocycles. The second-order valence-corrected chi connectivity index (χ2v) is 8.14. The highest BCUT2D eigenvalue weighted by atomic mass is 35.5. The van der Waals surface area contributed by atoms with Gasteiger partial charge in [0.2, 0.25) is 11.8 Å². The van der Waals surface area contributed by atoms with Crippen LogP contribution in [0.5, 0.6) is 5.88 Å². The zero-order chi connectivity index (χ0) is 19.9. The minimum Gasteiger partial charge on any atom is -0.474 e. The van der Waals surface area contributed by atoms with Gasteiger partial charge in [0.25, 0.3) is 0 Å². The van der Waals surface area contributed by atoms with E-state index in [1.807, 2.05) is 0 Å². The van der Waals surface area contributed by atoms with E-state index in [1.54, 1.807) is 32.2 Å². The van der Waals surface area contributed by atoms with Crippen molar-refractivity contribution in [3.63, 3.8) is 0 Å². The van der Waals surface area contributed by atoms with Crippen LogP contribution >= 0.6 is 11.6 Å². The fourth-order valence-electron chi connectivity index (χ4n) is 3.88. The van der Waals surface area contributed by atoms with E-state index in [9.17, 15) is 9.90 Å². The summed E-state index contributed by atoms with van der Waals surface area (Å²) in [6.07, 6.45) is 7.55. The second kappa shape index (κ2) is 7.29. The Kier molecular flexibility index (Phi) is 4.97. The minimum atomic E-state index is -0.877. The predicted octanol–water partition coefficient (Wildman–Crippen LogP) is 3.68. The molecule has 2 aliphatic rings. The average Bonchev–Trinajstić information content (AvgIpc) is 2.89. The van der Waals surface area contributed by atoms with E-state index in [4.69, 9.17) is 16.3 Å². The highest BCUT2D eigenvalue weighted by Crippen LogP contribution is 2.46. The van der Waals surface area contributed by atoms with Gasteiger partial charge in [-0.3, -0.25) is 9.69 Å². The normalized spacial score (nSPS) is 19.0. The van der Waals surface area contributed by atoms with Crippen LogP contribution in [-0.4, -0.2) is 32.1 Å². The van der Waals surface area contributed by atoms with Crippen LogP contribution in [0.25, 0.3) is 0 Å². The summed E-state index contributed by atoms with van der Waals surface area (Å²) >= 11 is 6.31. The molecule has 7 nitrogen and oxygen atoms in total. The number of fused-ring (bicyclic) bond motifs is 1. The molecule has 4 rings (SSSR count). The Bertz CT molecular complexity index is 895. The van der Waals surface area contributed by atoms with E-state index < -0.39 is 5.41 Å². The van der Waals surface area contributed by atoms with Crippen LogP contribution < -0.4 is 9.64 Å². The van der Waals surface area contributed by atoms with Gasteiger partial charge in [0.15, 0.2) is 5.82 Å². The topological polar surface area (TPSA) is 88.4 Å². The Hall–Kier alpha value is -2.25. The summed E-state index contributed by atoms with van der Waals surface area (Å²) in [6.45, 7) is 3.22. The number of pyridine rings is 1. The first kappa shape index (κ1) is 19.1. The van der Waals surface area contributed by atoms with Crippen molar-refractivity contribution < 1.29 is 14.6 Å². The van der Waals surface area contributed by atoms with Gasteiger partial charge in [-0.05, 0) is 45.6 Å². The molecule has 1 saturated carbocycles. The van der Waals surface area contributed by atoms with Crippen LogP contribution in [0, 0.1) is 0 Å². The molecule has 28 heavy (non-hydrogen) atoms. The predicted molar refractivity (Wildman–Crippen MR) is 105 cm³/mol. The maximum absolute atomic E-state index is 13.1. The lowest BCUT2D eigenvalue weighted by Gasteiger charge is -2.23. The van der Waals surface area contributed by atoms with Crippen molar-refractivity contribution in [1.29, 1.82) is 0 Å². The number of ether oxygens (including phenoxy) is 1. The van der Waals surface area contributed by atoms with Gasteiger partial charge in [-0.25, -0.2) is 15.0 Å². The van der Waals surface area contributed by atoms with Gasteiger partial charge in [0, 0.05) is 11.6 Å². The first-order valence-electron chi connectivity index (χ1n) is 9.57. The minimum absolute atomic E-state index is 0.170. The first-order chi connectivity index (χ1) is 13.4. The molecule has 0 aromatic carbocycles. The van der Waals surface area contributed by atoms with Crippen molar-refractivity contribution >= 4 is 29.0 Å². The lowest BCUT2D eigenvalue weighted by molar-refractivity contribution is -0.121. The second-order valence-electron chi connectivity index (χ2n) is 7.79. The monoisotopic (exact) mass is 402 g/mol. The zero-order valence-corrected chi connectivity index (χ0v) is 16.7. The standard InChI is InChI=1S/C20H23ClN4O3/c1-20(2)16-17(21)23-14(11-26)24-18(16)25(19(20)27)12-8-9-15(22-10-12)28-13-6-4-3-5-7-13/h8-10,13,26H,3-7,11H2,1-2H3. The summed E-state index contributed by atoms with van der Waals surface area (Å²) in [5, 5.41) is 9.60. The maximum Gasteiger partial charge on any atom is 0.243 e. The number of hydrogen-bond acceptors (Lipinski definition) is 6. The van der Waals surface area contributed by atoms with Gasteiger partial charge >= 0.3 is 0 Å². The fourth-order valence-corrected chi connectivity index (χ4v) is 4.30. The van der Waals surface area contributed by atoms with Gasteiger partial charge in [-0.15, -0.1) is 0 Å². The van der Waals surface area contributed by atoms with E-state index in [-0.39, 0.29) is 29.6 Å². The lowest BCUT2D eigenvalue weighted by atomic mass is 9.88. The molecule has 0 radical (unpaired) electrons. The van der Waals surface area contributed by atoms with Crippen LogP contribution in [0.2, 0.25) is 5.15 Å². The van der Waals surface area contributed by atoms with E-state index in [0.717, 1.165) is 12.8 Å². The number of aliphatic hydroxyl groups is 1. The van der Waals surface area contributed by atoms with Crippen molar-refractivity contribution in [3.05, 3.63) is 34.9 Å². The molecule has 1 aliphatic heterocycles. The van der Waals surface area contributed by atoms with E-state index in [0.29, 0.717) is 22.9 Å². The summed E-state index contributed by atoms with van der Waals surface area (Å²) in [7, 11) is 0. The molecular formula is C20H23ClN4O3. The smallest absolute Gasteiger partial charge is 0.243 e. The number of rotatable bonds is 4. The molecule has 8 heteroatoms. The van der Waals surface area contributed by atoms with Crippen LogP contribution in [0.1, 0.15) is 57.3 Å². The molecule has 2 aromatic rings. The number of aliphatic hydroxyl groups excluding tert-OH is 1. The molecule has 1 fully saturated rings. The molecule has 148 valence electrons. The number of anilines is 2. The zero-order valence-electron chi connectivity index (χ0n) is 16.0. The molecule has 2 aromatic heterocycles. The van der Waals surface area contributed by atoms with Gasteiger partial charge in [0.1, 0.15) is 23.7 Å². The Balaban J connectivity index is 1.66. The van der Waals surface area contributed by atoms with Gasteiger partial charge in [0.05, 0.1) is 17.3 Å². The molecule has 1 amide bonds. The summed E-state index contributed by atoms with van der Waals surface area (Å²) < 4.78 is 5.97. The molecule has 1 aliphatic carbocycles. The van der Waals surface area contributed by atoms with Crippen molar-refractivity contribution in [2.24, 2.45) is 0 Å². The van der Waals surface area contributed by atoms with Crippen molar-refractivity contribution in [3.8, 4) is 5.88 Å². The van der Waals surface area contributed by atoms with Crippen LogP contribution in [0.15, 0.2) is 18.3 Å². The molecule has 0 unspecified atom stereocenters. The average molecular weight is 403 g/mol. The molecule has 0 atom stereocenters. The Morgan fingerprint density at radius 1 is 1.25 bits per heavy atom. The maximum atomic E-state index is 13.1. The quantitative estimate of drug-likeness (QED) is 0.784. The van der Waals surface area contributed by atoms with Crippen molar-refractivity contribution in [1.82, 2.24) is 15.0 Å². The van der Waals surface area contributed by atoms with Crippen LogP contribution in [0.4, 0.5) is 11.5 Å². The van der Waals surface area contributed by atoms with E-state index >= 15 is 0 Å². The van der Waals surface area contributed by atoms with E-state index in [1.165, 1.54) is 24.2 Å². The summed E-state index contributed by atoms with van der Waals surface area (Å²) in [5.74, 6) is 0.946. The molecule has 0 saturated heterocycles. The number of nitrogens with zero attached hydrogens (tertiary/aromatic N) is 4. The Morgan fingerprint density at radius 2 is 2.00 bits per heavy atom. The highest BCUT2D eigenvalue weighted by molar-refractivity contribution is 6.32. The summed E-state index contributed by atoms with van der Waals surface area (Å²) in [6, 6.07) is 3.57. The number of carbonyl (C=O) groups excluding carboxylic acids is 1. The number of hydrogen-bond donors (Lipinski definition) is 1. The highest BCUT2D eigenvalue weighted by Gasteiger charge is 2.48. The summed E-state index contributed by atoms with van der Waals surface area (Å²) in [4.78, 5) is 27.4.